The number of nitrogens with one attached hydrogen (secondary N) is 2. The largest absolute Gasteiger partial charge is 0.505 e. The summed E-state index contributed by atoms with van der Waals surface area (Å²) in [5.74, 6) is -0.00172. The summed E-state index contributed by atoms with van der Waals surface area (Å²) in [4.78, 5) is 18.4. The van der Waals surface area contributed by atoms with Crippen LogP contribution >= 0.6 is 0 Å². The smallest absolute Gasteiger partial charge is 0.223 e. The second kappa shape index (κ2) is 9.91. The summed E-state index contributed by atoms with van der Waals surface area (Å²) in [6.45, 7) is 2.48. The molecule has 1 aliphatic rings. The molecule has 1 aliphatic heterocycles. The monoisotopic (exact) mass is 398 g/mol. The molecule has 154 valence electrons. The summed E-state index contributed by atoms with van der Waals surface area (Å²) in [6, 6.07) is 14.4. The average Bonchev–Trinajstić information content (AvgIpc) is 3.09. The molecule has 0 radical (unpaired) electrons. The number of phenols is 1. The van der Waals surface area contributed by atoms with Crippen LogP contribution in [-0.4, -0.2) is 48.6 Å². The molecule has 1 heterocycles. The van der Waals surface area contributed by atoms with Crippen LogP contribution in [0.15, 0.2) is 53.5 Å². The molecule has 3 rings (SSSR count). The van der Waals surface area contributed by atoms with Crippen LogP contribution in [0.1, 0.15) is 17.5 Å². The highest BCUT2D eigenvalue weighted by molar-refractivity contribution is 5.80. The van der Waals surface area contributed by atoms with Gasteiger partial charge < -0.3 is 20.6 Å². The van der Waals surface area contributed by atoms with Gasteiger partial charge in [-0.25, -0.2) is 4.39 Å². The van der Waals surface area contributed by atoms with Gasteiger partial charge >= 0.3 is 0 Å². The molecule has 1 unspecified atom stereocenters. The maximum absolute atomic E-state index is 13.4. The Labute approximate surface area is 170 Å². The van der Waals surface area contributed by atoms with E-state index in [9.17, 15) is 14.3 Å². The van der Waals surface area contributed by atoms with E-state index < -0.39 is 5.82 Å². The lowest BCUT2D eigenvalue weighted by atomic mass is 10.1. The molecule has 1 fully saturated rings. The number of benzene rings is 2. The Morgan fingerprint density at radius 3 is 2.72 bits per heavy atom. The third-order valence-electron chi connectivity index (χ3n) is 5.06. The molecule has 0 aliphatic carbocycles. The van der Waals surface area contributed by atoms with Gasteiger partial charge in [0.25, 0.3) is 0 Å². The van der Waals surface area contributed by atoms with Gasteiger partial charge in [-0.2, -0.15) is 0 Å². The molecule has 29 heavy (non-hydrogen) atoms. The van der Waals surface area contributed by atoms with Crippen molar-refractivity contribution in [1.29, 1.82) is 0 Å². The standard InChI is InChI=1S/C22H27FN4O2/c1-24-22(25-13-17-7-8-20(28)19(23)11-17)26-14-18-12-21(29)27(15-18)10-9-16-5-3-2-4-6-16/h2-8,11,18,28H,9-10,12-15H2,1H3,(H2,24,25,26). The summed E-state index contributed by atoms with van der Waals surface area (Å²) in [6.07, 6.45) is 1.39. The highest BCUT2D eigenvalue weighted by atomic mass is 19.1. The fraction of sp³-hybridized carbons (Fsp3) is 0.364. The second-order valence-corrected chi connectivity index (χ2v) is 7.24. The van der Waals surface area contributed by atoms with Gasteiger partial charge in [0.1, 0.15) is 0 Å². The number of halogens is 1. The molecule has 0 saturated carbocycles. The lowest BCUT2D eigenvalue weighted by Crippen LogP contribution is -2.40. The van der Waals surface area contributed by atoms with Gasteiger partial charge in [0.2, 0.25) is 5.91 Å². The number of hydrogen-bond donors (Lipinski definition) is 3. The van der Waals surface area contributed by atoms with Crippen LogP contribution in [0.5, 0.6) is 5.75 Å². The summed E-state index contributed by atoms with van der Waals surface area (Å²) in [7, 11) is 1.67. The van der Waals surface area contributed by atoms with E-state index in [1.165, 1.54) is 17.7 Å². The van der Waals surface area contributed by atoms with E-state index in [4.69, 9.17) is 0 Å². The molecule has 1 atom stereocenters. The second-order valence-electron chi connectivity index (χ2n) is 7.24. The molecule has 2 aromatic rings. The quantitative estimate of drug-likeness (QED) is 0.494. The Bertz CT molecular complexity index is 857. The van der Waals surface area contributed by atoms with Crippen molar-refractivity contribution in [2.75, 3.05) is 26.7 Å². The minimum absolute atomic E-state index is 0.190. The van der Waals surface area contributed by atoms with Gasteiger partial charge in [-0.05, 0) is 29.7 Å². The zero-order valence-corrected chi connectivity index (χ0v) is 16.6. The van der Waals surface area contributed by atoms with Crippen LogP contribution < -0.4 is 10.6 Å². The van der Waals surface area contributed by atoms with E-state index in [0.717, 1.165) is 19.5 Å². The van der Waals surface area contributed by atoms with Crippen LogP contribution in [0.3, 0.4) is 0 Å². The summed E-state index contributed by atoms with van der Waals surface area (Å²) in [5.41, 5.74) is 1.93. The van der Waals surface area contributed by atoms with Crippen molar-refractivity contribution in [2.45, 2.75) is 19.4 Å². The predicted molar refractivity (Wildman–Crippen MR) is 111 cm³/mol. The molecule has 0 bridgehead atoms. The Morgan fingerprint density at radius 1 is 1.21 bits per heavy atom. The van der Waals surface area contributed by atoms with E-state index in [1.54, 1.807) is 13.1 Å². The Morgan fingerprint density at radius 2 is 2.00 bits per heavy atom. The van der Waals surface area contributed by atoms with E-state index >= 15 is 0 Å². The summed E-state index contributed by atoms with van der Waals surface area (Å²) < 4.78 is 13.4. The van der Waals surface area contributed by atoms with Crippen molar-refractivity contribution in [3.8, 4) is 5.75 Å². The number of hydrogen-bond acceptors (Lipinski definition) is 3. The number of phenolic OH excluding ortho intramolecular Hbond substituents is 1. The van der Waals surface area contributed by atoms with Gasteiger partial charge in [-0.3, -0.25) is 9.79 Å². The topological polar surface area (TPSA) is 77.0 Å². The molecule has 1 saturated heterocycles. The highest BCUT2D eigenvalue weighted by Crippen LogP contribution is 2.18. The van der Waals surface area contributed by atoms with Gasteiger partial charge in [0.05, 0.1) is 0 Å². The average molecular weight is 398 g/mol. The van der Waals surface area contributed by atoms with E-state index in [0.29, 0.717) is 31.0 Å². The van der Waals surface area contributed by atoms with Crippen LogP contribution in [0.2, 0.25) is 0 Å². The molecule has 6 nitrogen and oxygen atoms in total. The lowest BCUT2D eigenvalue weighted by Gasteiger charge is -2.18. The van der Waals surface area contributed by atoms with Gasteiger partial charge in [0, 0.05) is 45.6 Å². The number of amides is 1. The number of carbonyl (C=O) groups is 1. The zero-order chi connectivity index (χ0) is 20.6. The zero-order valence-electron chi connectivity index (χ0n) is 16.6. The number of carbonyl (C=O) groups excluding carboxylic acids is 1. The van der Waals surface area contributed by atoms with Crippen molar-refractivity contribution in [3.63, 3.8) is 0 Å². The van der Waals surface area contributed by atoms with Crippen LogP contribution in [0, 0.1) is 11.7 Å². The van der Waals surface area contributed by atoms with Crippen LogP contribution in [0.25, 0.3) is 0 Å². The van der Waals surface area contributed by atoms with E-state index in [1.807, 2.05) is 23.1 Å². The van der Waals surface area contributed by atoms with Crippen LogP contribution in [-0.2, 0) is 17.8 Å². The van der Waals surface area contributed by atoms with Gasteiger partial charge in [-0.15, -0.1) is 0 Å². The maximum Gasteiger partial charge on any atom is 0.223 e. The minimum atomic E-state index is -0.646. The van der Waals surface area contributed by atoms with E-state index in [-0.39, 0.29) is 17.6 Å². The minimum Gasteiger partial charge on any atom is -0.505 e. The van der Waals surface area contributed by atoms with Crippen molar-refractivity contribution < 1.29 is 14.3 Å². The highest BCUT2D eigenvalue weighted by Gasteiger charge is 2.29. The van der Waals surface area contributed by atoms with Crippen molar-refractivity contribution in [3.05, 3.63) is 65.5 Å². The first-order valence-electron chi connectivity index (χ1n) is 9.78. The fourth-order valence-corrected chi connectivity index (χ4v) is 3.42. The molecule has 1 amide bonds. The number of aromatic hydroxyl groups is 1. The maximum atomic E-state index is 13.4. The fourth-order valence-electron chi connectivity index (χ4n) is 3.42. The normalized spacial score (nSPS) is 16.9. The first-order valence-corrected chi connectivity index (χ1v) is 9.78. The Hall–Kier alpha value is -3.09. The predicted octanol–water partition coefficient (Wildman–Crippen LogP) is 2.29. The molecule has 7 heteroatoms. The molecule has 0 spiro atoms. The van der Waals surface area contributed by atoms with E-state index in [2.05, 4.69) is 27.8 Å². The molecular weight excluding hydrogens is 371 g/mol. The van der Waals surface area contributed by atoms with Gasteiger partial charge in [0.15, 0.2) is 17.5 Å². The molecule has 0 aromatic heterocycles. The van der Waals surface area contributed by atoms with Crippen molar-refractivity contribution in [2.24, 2.45) is 10.9 Å². The van der Waals surface area contributed by atoms with Crippen molar-refractivity contribution in [1.82, 2.24) is 15.5 Å². The summed E-state index contributed by atoms with van der Waals surface area (Å²) in [5, 5.41) is 15.6. The number of aliphatic imine (C=N–C) groups is 1. The molecule has 2 aromatic carbocycles. The summed E-state index contributed by atoms with van der Waals surface area (Å²) >= 11 is 0. The Balaban J connectivity index is 1.42. The lowest BCUT2D eigenvalue weighted by molar-refractivity contribution is -0.127. The van der Waals surface area contributed by atoms with Crippen LogP contribution in [0.4, 0.5) is 4.39 Å². The third kappa shape index (κ3) is 5.94. The first-order chi connectivity index (χ1) is 14.0. The molecule has 3 N–H and O–H groups in total. The first kappa shape index (κ1) is 20.6. The number of nitrogens with zero attached hydrogens (tertiary/aromatic N) is 2. The Kier molecular flexibility index (Phi) is 7.05. The molecular formula is C22H27FN4O2. The number of likely N-dealkylation sites (tertiary alicyclic amines) is 1. The number of rotatable bonds is 7. The van der Waals surface area contributed by atoms with Crippen molar-refractivity contribution >= 4 is 11.9 Å². The SMILES string of the molecule is CN=C(NCc1ccc(O)c(F)c1)NCC1CC(=O)N(CCc2ccccc2)C1. The van der Waals surface area contributed by atoms with Gasteiger partial charge in [-0.1, -0.05) is 36.4 Å². The number of guanidine groups is 1. The third-order valence-corrected chi connectivity index (χ3v) is 5.06.